The minimum Gasteiger partial charge on any atom is -0.394 e. The number of nitrogens with zero attached hydrogens (tertiary/aromatic N) is 3. The summed E-state index contributed by atoms with van der Waals surface area (Å²) in [4.78, 5) is 49.7. The molecule has 6 atom stereocenters. The standard InChI is InChI=1S/C36H53N3O4S/c1-10-19-37(25-15-13-12-14-16-25)31(41)28-27-17-18-36(44-27)29(28)32(42)39(26(22-40)21-24(3)4)30(36)33(43)38(20-11-2)35(8,9)23-34(5,6)7/h10-16,24,26-30,40H,1-2,17-23H2,3-9H3/t26-,27-,28+,29+,30?,36?/m1/s1. The first-order chi connectivity index (χ1) is 20.6. The number of benzene rings is 1. The lowest BCUT2D eigenvalue weighted by Crippen LogP contribution is -2.61. The van der Waals surface area contributed by atoms with Gasteiger partial charge in [-0.25, -0.2) is 0 Å². The zero-order valence-electron chi connectivity index (χ0n) is 27.8. The van der Waals surface area contributed by atoms with Crippen molar-refractivity contribution in [3.05, 3.63) is 55.6 Å². The Morgan fingerprint density at radius 1 is 1.09 bits per heavy atom. The summed E-state index contributed by atoms with van der Waals surface area (Å²) in [6, 6.07) is 8.24. The molecule has 3 fully saturated rings. The molecule has 0 aromatic heterocycles. The number of aliphatic hydroxyl groups excluding tert-OH is 1. The molecule has 7 nitrogen and oxygen atoms in total. The zero-order chi connectivity index (χ0) is 32.6. The number of fused-ring (bicyclic) bond motifs is 1. The van der Waals surface area contributed by atoms with Crippen molar-refractivity contribution < 1.29 is 19.5 Å². The third kappa shape index (κ3) is 6.26. The van der Waals surface area contributed by atoms with Crippen LogP contribution < -0.4 is 4.90 Å². The van der Waals surface area contributed by atoms with Crippen LogP contribution in [-0.2, 0) is 14.4 Å². The molecule has 0 saturated carbocycles. The number of carbonyl (C=O) groups excluding carboxylic acids is 3. The van der Waals surface area contributed by atoms with Gasteiger partial charge < -0.3 is 19.8 Å². The van der Waals surface area contributed by atoms with Crippen molar-refractivity contribution in [2.45, 2.75) is 102 Å². The van der Waals surface area contributed by atoms with Crippen molar-refractivity contribution in [2.75, 3.05) is 24.6 Å². The molecular formula is C36H53N3O4S. The predicted octanol–water partition coefficient (Wildman–Crippen LogP) is 5.93. The van der Waals surface area contributed by atoms with E-state index < -0.39 is 34.2 Å². The average Bonchev–Trinajstić information content (AvgIpc) is 3.59. The van der Waals surface area contributed by atoms with E-state index in [1.54, 1.807) is 33.7 Å². The molecule has 44 heavy (non-hydrogen) atoms. The first-order valence-electron chi connectivity index (χ1n) is 16.1. The summed E-state index contributed by atoms with van der Waals surface area (Å²) in [6.07, 6.45) is 6.25. The van der Waals surface area contributed by atoms with Gasteiger partial charge in [-0.2, -0.15) is 0 Å². The van der Waals surface area contributed by atoms with Gasteiger partial charge in [-0.3, -0.25) is 14.4 Å². The fourth-order valence-corrected chi connectivity index (χ4v) is 10.6. The summed E-state index contributed by atoms with van der Waals surface area (Å²) in [5, 5.41) is 10.6. The SMILES string of the molecule is C=CCN(C(=O)[C@@H]1[C@H]2C(=O)N([C@@H](CO)CC(C)C)C(C(=O)N(CC=C)C(C)(C)CC(C)(C)C)C23CC[C@H]1S3)c1ccccc1. The normalized spacial score (nSPS) is 26.9. The maximum atomic E-state index is 15.1. The number of carbonyl (C=O) groups is 3. The molecule has 1 aromatic carbocycles. The molecule has 3 heterocycles. The number of hydrogen-bond donors (Lipinski definition) is 1. The smallest absolute Gasteiger partial charge is 0.247 e. The number of likely N-dealkylation sites (tertiary alicyclic amines) is 1. The molecule has 2 bridgehead atoms. The first kappa shape index (κ1) is 34.3. The quantitative estimate of drug-likeness (QED) is 0.276. The Hall–Kier alpha value is -2.58. The molecule has 242 valence electrons. The number of anilines is 1. The van der Waals surface area contributed by atoms with Gasteiger partial charge in [0.2, 0.25) is 17.7 Å². The van der Waals surface area contributed by atoms with Gasteiger partial charge in [-0.15, -0.1) is 24.9 Å². The third-order valence-corrected chi connectivity index (χ3v) is 11.5. The maximum Gasteiger partial charge on any atom is 0.247 e. The predicted molar refractivity (Wildman–Crippen MR) is 180 cm³/mol. The molecule has 1 aromatic rings. The number of thioether (sulfide) groups is 1. The second kappa shape index (κ2) is 13.0. The van der Waals surface area contributed by atoms with Crippen molar-refractivity contribution in [1.29, 1.82) is 0 Å². The van der Waals surface area contributed by atoms with Gasteiger partial charge in [-0.05, 0) is 63.0 Å². The Labute approximate surface area is 269 Å². The van der Waals surface area contributed by atoms with E-state index in [2.05, 4.69) is 61.6 Å². The highest BCUT2D eigenvalue weighted by Crippen LogP contribution is 2.67. The van der Waals surface area contributed by atoms with E-state index in [9.17, 15) is 14.7 Å². The van der Waals surface area contributed by atoms with Crippen molar-refractivity contribution >= 4 is 35.2 Å². The molecule has 0 radical (unpaired) electrons. The molecule has 3 aliphatic heterocycles. The van der Waals surface area contributed by atoms with Crippen LogP contribution in [0.25, 0.3) is 0 Å². The Bertz CT molecular complexity index is 1240. The maximum absolute atomic E-state index is 15.1. The Kier molecular flexibility index (Phi) is 10.2. The van der Waals surface area contributed by atoms with Crippen molar-refractivity contribution in [3.8, 4) is 0 Å². The van der Waals surface area contributed by atoms with E-state index in [1.807, 2.05) is 35.2 Å². The summed E-state index contributed by atoms with van der Waals surface area (Å²) in [6.45, 7) is 23.1. The highest BCUT2D eigenvalue weighted by Gasteiger charge is 2.75. The summed E-state index contributed by atoms with van der Waals surface area (Å²) in [7, 11) is 0. The minimum atomic E-state index is -0.771. The fourth-order valence-electron chi connectivity index (χ4n) is 8.41. The van der Waals surface area contributed by atoms with Gasteiger partial charge in [0, 0.05) is 29.6 Å². The molecule has 1 spiro atoms. The van der Waals surface area contributed by atoms with Gasteiger partial charge in [0.1, 0.15) is 6.04 Å². The molecule has 3 amide bonds. The van der Waals surface area contributed by atoms with E-state index in [0.29, 0.717) is 25.9 Å². The summed E-state index contributed by atoms with van der Waals surface area (Å²) >= 11 is 1.68. The van der Waals surface area contributed by atoms with Gasteiger partial charge >= 0.3 is 0 Å². The lowest BCUT2D eigenvalue weighted by Gasteiger charge is -2.46. The molecule has 3 saturated heterocycles. The van der Waals surface area contributed by atoms with Crippen molar-refractivity contribution in [1.82, 2.24) is 9.80 Å². The number of aliphatic hydroxyl groups is 1. The van der Waals surface area contributed by atoms with Crippen LogP contribution in [0.2, 0.25) is 0 Å². The lowest BCUT2D eigenvalue weighted by atomic mass is 9.70. The molecule has 8 heteroatoms. The van der Waals surface area contributed by atoms with Gasteiger partial charge in [0.25, 0.3) is 0 Å². The minimum absolute atomic E-state index is 0.0371. The van der Waals surface area contributed by atoms with Crippen LogP contribution in [0.15, 0.2) is 55.6 Å². The van der Waals surface area contributed by atoms with Crippen LogP contribution in [0, 0.1) is 23.2 Å². The Morgan fingerprint density at radius 3 is 2.27 bits per heavy atom. The summed E-state index contributed by atoms with van der Waals surface area (Å²) in [5.41, 5.74) is 0.220. The first-order valence-corrected chi connectivity index (χ1v) is 17.0. The zero-order valence-corrected chi connectivity index (χ0v) is 28.6. The van der Waals surface area contributed by atoms with Crippen LogP contribution in [0.1, 0.15) is 74.1 Å². The number of hydrogen-bond acceptors (Lipinski definition) is 5. The number of para-hydroxylation sites is 1. The highest BCUT2D eigenvalue weighted by molar-refractivity contribution is 8.02. The topological polar surface area (TPSA) is 81.2 Å². The summed E-state index contributed by atoms with van der Waals surface area (Å²) in [5.74, 6) is -1.36. The molecular weight excluding hydrogens is 570 g/mol. The summed E-state index contributed by atoms with van der Waals surface area (Å²) < 4.78 is -0.739. The average molecular weight is 624 g/mol. The second-order valence-electron chi connectivity index (χ2n) is 15.1. The second-order valence-corrected chi connectivity index (χ2v) is 16.7. The molecule has 2 unspecified atom stereocenters. The van der Waals surface area contributed by atoms with Crippen LogP contribution in [0.5, 0.6) is 0 Å². The van der Waals surface area contributed by atoms with E-state index in [1.165, 1.54) is 0 Å². The van der Waals surface area contributed by atoms with Gasteiger partial charge in [-0.1, -0.05) is 65.0 Å². The van der Waals surface area contributed by atoms with Gasteiger partial charge in [0.15, 0.2) is 0 Å². The van der Waals surface area contributed by atoms with E-state index in [4.69, 9.17) is 0 Å². The van der Waals surface area contributed by atoms with E-state index >= 15 is 4.79 Å². The lowest BCUT2D eigenvalue weighted by molar-refractivity contribution is -0.149. The Balaban J connectivity index is 1.83. The molecule has 1 N–H and O–H groups in total. The van der Waals surface area contributed by atoms with Crippen LogP contribution in [0.4, 0.5) is 5.69 Å². The van der Waals surface area contributed by atoms with Crippen LogP contribution >= 0.6 is 11.8 Å². The number of amides is 3. The number of rotatable bonds is 13. The van der Waals surface area contributed by atoms with Crippen molar-refractivity contribution in [2.24, 2.45) is 23.2 Å². The van der Waals surface area contributed by atoms with Crippen molar-refractivity contribution in [3.63, 3.8) is 0 Å². The van der Waals surface area contributed by atoms with E-state index in [-0.39, 0.29) is 40.9 Å². The third-order valence-electron chi connectivity index (χ3n) is 9.52. The largest absolute Gasteiger partial charge is 0.394 e. The van der Waals surface area contributed by atoms with Crippen LogP contribution in [0.3, 0.4) is 0 Å². The fraction of sp³-hybridized carbons (Fsp3) is 0.639. The monoisotopic (exact) mass is 623 g/mol. The Morgan fingerprint density at radius 2 is 1.73 bits per heavy atom. The van der Waals surface area contributed by atoms with Gasteiger partial charge in [0.05, 0.1) is 29.2 Å². The molecule has 0 aliphatic carbocycles. The molecule has 4 rings (SSSR count). The molecule has 3 aliphatic rings. The van der Waals surface area contributed by atoms with E-state index in [0.717, 1.165) is 18.5 Å². The van der Waals surface area contributed by atoms with Crippen LogP contribution in [-0.4, -0.2) is 79.9 Å². The highest BCUT2D eigenvalue weighted by atomic mass is 32.2.